The SMILES string of the molecule is CCC(C)NCCC#CC#CCCNC(C)=O.CCCC.[HH].[HH]. The van der Waals surface area contributed by atoms with E-state index in [0.29, 0.717) is 19.0 Å². The smallest absolute Gasteiger partial charge is 0.216 e. The van der Waals surface area contributed by atoms with E-state index in [-0.39, 0.29) is 8.76 Å². The average Bonchev–Trinajstić information content (AvgIpc) is 2.48. The Morgan fingerprint density at radius 1 is 1.05 bits per heavy atom. The number of rotatable bonds is 7. The fourth-order valence-electron chi connectivity index (χ4n) is 1.04. The minimum atomic E-state index is -0.0194. The summed E-state index contributed by atoms with van der Waals surface area (Å²) in [5.41, 5.74) is 0. The zero-order valence-corrected chi connectivity index (χ0v) is 14.4. The van der Waals surface area contributed by atoms with Gasteiger partial charge in [0.1, 0.15) is 0 Å². The zero-order valence-electron chi connectivity index (χ0n) is 14.4. The maximum atomic E-state index is 10.5. The Morgan fingerprint density at radius 3 is 2.00 bits per heavy atom. The number of hydrogen-bond donors (Lipinski definition) is 2. The highest BCUT2D eigenvalue weighted by atomic mass is 16.1. The van der Waals surface area contributed by atoms with E-state index in [1.165, 1.54) is 19.8 Å². The Morgan fingerprint density at radius 2 is 1.57 bits per heavy atom. The van der Waals surface area contributed by atoms with Gasteiger partial charge in [-0.25, -0.2) is 0 Å². The van der Waals surface area contributed by atoms with Crippen LogP contribution >= 0.6 is 0 Å². The lowest BCUT2D eigenvalue weighted by molar-refractivity contribution is -0.118. The molecule has 21 heavy (non-hydrogen) atoms. The van der Waals surface area contributed by atoms with Crippen molar-refractivity contribution in [2.75, 3.05) is 13.1 Å². The standard InChI is InChI=1S/C14H22N2O.C4H10.2H2/c1-4-13(2)15-11-9-7-5-6-8-10-12-16-14(3)17;1-3-4-2;;/h13,15H,4,9-12H2,1-3H3,(H,16,17);3-4H2,1-2H3;2*1H. The van der Waals surface area contributed by atoms with Crippen molar-refractivity contribution in [1.82, 2.24) is 10.6 Å². The van der Waals surface area contributed by atoms with Crippen LogP contribution in [0.4, 0.5) is 0 Å². The second-order valence-corrected chi connectivity index (χ2v) is 4.85. The van der Waals surface area contributed by atoms with Crippen molar-refractivity contribution < 1.29 is 7.65 Å². The highest BCUT2D eigenvalue weighted by Crippen LogP contribution is 1.86. The number of carbonyl (C=O) groups is 1. The second-order valence-electron chi connectivity index (χ2n) is 4.85. The summed E-state index contributed by atoms with van der Waals surface area (Å²) in [7, 11) is 0. The maximum Gasteiger partial charge on any atom is 0.216 e. The van der Waals surface area contributed by atoms with Gasteiger partial charge in [-0.2, -0.15) is 0 Å². The van der Waals surface area contributed by atoms with Crippen LogP contribution in [0.1, 0.15) is 69.6 Å². The lowest BCUT2D eigenvalue weighted by atomic mass is 10.2. The number of hydrogen-bond acceptors (Lipinski definition) is 2. The molecule has 2 N–H and O–H groups in total. The Bertz CT molecular complexity index is 363. The first-order valence-corrected chi connectivity index (χ1v) is 8.01. The van der Waals surface area contributed by atoms with E-state index in [1.54, 1.807) is 0 Å². The highest BCUT2D eigenvalue weighted by Gasteiger charge is 1.93. The van der Waals surface area contributed by atoms with Crippen molar-refractivity contribution in [2.45, 2.75) is 72.8 Å². The van der Waals surface area contributed by atoms with Crippen molar-refractivity contribution in [3.63, 3.8) is 0 Å². The van der Waals surface area contributed by atoms with Crippen LogP contribution in [0.15, 0.2) is 0 Å². The van der Waals surface area contributed by atoms with E-state index in [9.17, 15) is 4.79 Å². The number of nitrogens with one attached hydrogen (secondary N) is 2. The monoisotopic (exact) mass is 296 g/mol. The minimum absolute atomic E-state index is 0. The van der Waals surface area contributed by atoms with Crippen LogP contribution in [0.25, 0.3) is 0 Å². The van der Waals surface area contributed by atoms with Crippen LogP contribution in [0.3, 0.4) is 0 Å². The van der Waals surface area contributed by atoms with Gasteiger partial charge < -0.3 is 10.6 Å². The molecule has 0 radical (unpaired) electrons. The lowest BCUT2D eigenvalue weighted by Gasteiger charge is -2.08. The van der Waals surface area contributed by atoms with Gasteiger partial charge in [-0.1, -0.05) is 45.5 Å². The molecular weight excluding hydrogens is 260 g/mol. The number of amides is 1. The normalized spacial score (nSPS) is 9.95. The zero-order chi connectivity index (χ0) is 16.3. The molecule has 0 aliphatic carbocycles. The molecule has 124 valence electrons. The molecule has 0 aliphatic rings. The molecule has 0 aliphatic heterocycles. The van der Waals surface area contributed by atoms with Gasteiger partial charge in [0, 0.05) is 41.8 Å². The van der Waals surface area contributed by atoms with Crippen LogP contribution in [0.2, 0.25) is 0 Å². The summed E-state index contributed by atoms with van der Waals surface area (Å²) >= 11 is 0. The molecule has 0 rings (SSSR count). The van der Waals surface area contributed by atoms with Crippen LogP contribution < -0.4 is 10.6 Å². The number of unbranched alkanes of at least 4 members (excludes halogenated alkanes) is 1. The third-order valence-corrected chi connectivity index (χ3v) is 2.72. The molecule has 0 aromatic heterocycles. The Kier molecular flexibility index (Phi) is 19.3. The summed E-state index contributed by atoms with van der Waals surface area (Å²) in [4.78, 5) is 10.5. The minimum Gasteiger partial charge on any atom is -0.355 e. The molecule has 3 nitrogen and oxygen atoms in total. The molecular formula is C18H36N2O. The largest absolute Gasteiger partial charge is 0.355 e. The third kappa shape index (κ3) is 24.0. The van der Waals surface area contributed by atoms with Gasteiger partial charge >= 0.3 is 0 Å². The molecule has 1 amide bonds. The average molecular weight is 296 g/mol. The van der Waals surface area contributed by atoms with Gasteiger partial charge in [0.25, 0.3) is 0 Å². The van der Waals surface area contributed by atoms with Crippen LogP contribution in [-0.4, -0.2) is 25.0 Å². The maximum absolute atomic E-state index is 10.5. The molecule has 1 unspecified atom stereocenters. The van der Waals surface area contributed by atoms with Crippen LogP contribution in [-0.2, 0) is 4.79 Å². The van der Waals surface area contributed by atoms with Crippen molar-refractivity contribution in [2.24, 2.45) is 0 Å². The first-order valence-electron chi connectivity index (χ1n) is 8.01. The van der Waals surface area contributed by atoms with E-state index >= 15 is 0 Å². The summed E-state index contributed by atoms with van der Waals surface area (Å²) in [6.07, 6.45) is 5.25. The second kappa shape index (κ2) is 18.6. The summed E-state index contributed by atoms with van der Waals surface area (Å²) in [5, 5.41) is 6.03. The van der Waals surface area contributed by atoms with Gasteiger partial charge in [0.2, 0.25) is 5.91 Å². The van der Waals surface area contributed by atoms with Gasteiger partial charge in [-0.15, -0.1) is 0 Å². The fraction of sp³-hybridized carbons (Fsp3) is 0.722. The Labute approximate surface area is 134 Å². The Hall–Kier alpha value is -1.45. The fourth-order valence-corrected chi connectivity index (χ4v) is 1.04. The molecule has 0 aromatic carbocycles. The predicted octanol–water partition coefficient (Wildman–Crippen LogP) is 3.60. The summed E-state index contributed by atoms with van der Waals surface area (Å²) < 4.78 is 0. The molecule has 1 atom stereocenters. The summed E-state index contributed by atoms with van der Waals surface area (Å²) in [6.45, 7) is 11.7. The molecule has 0 spiro atoms. The van der Waals surface area contributed by atoms with Gasteiger partial charge in [0.05, 0.1) is 0 Å². The Balaban J connectivity index is -0.000000268. The van der Waals surface area contributed by atoms with Crippen molar-refractivity contribution >= 4 is 5.91 Å². The van der Waals surface area contributed by atoms with Crippen LogP contribution in [0, 0.1) is 23.7 Å². The van der Waals surface area contributed by atoms with E-state index < -0.39 is 0 Å². The molecule has 0 bridgehead atoms. The van der Waals surface area contributed by atoms with Crippen molar-refractivity contribution in [3.8, 4) is 23.7 Å². The molecule has 0 fully saturated rings. The highest BCUT2D eigenvalue weighted by molar-refractivity contribution is 5.72. The topological polar surface area (TPSA) is 41.1 Å². The predicted molar refractivity (Wildman–Crippen MR) is 96.0 cm³/mol. The quantitative estimate of drug-likeness (QED) is 0.557. The molecule has 0 saturated heterocycles. The van der Waals surface area contributed by atoms with E-state index in [1.807, 2.05) is 0 Å². The van der Waals surface area contributed by atoms with Gasteiger partial charge in [0.15, 0.2) is 0 Å². The third-order valence-electron chi connectivity index (χ3n) is 2.72. The van der Waals surface area contributed by atoms with Crippen molar-refractivity contribution in [3.05, 3.63) is 0 Å². The molecule has 0 saturated carbocycles. The summed E-state index contributed by atoms with van der Waals surface area (Å²) in [5.74, 6) is 11.4. The first kappa shape index (κ1) is 21.8. The van der Waals surface area contributed by atoms with E-state index in [2.05, 4.69) is 62.0 Å². The van der Waals surface area contributed by atoms with Crippen LogP contribution in [0.5, 0.6) is 0 Å². The van der Waals surface area contributed by atoms with Gasteiger partial charge in [-0.3, -0.25) is 4.79 Å². The van der Waals surface area contributed by atoms with Crippen molar-refractivity contribution in [1.29, 1.82) is 0 Å². The summed E-state index contributed by atoms with van der Waals surface area (Å²) in [6, 6.07) is 0.556. The number of carbonyl (C=O) groups excluding carboxylic acids is 1. The molecule has 0 heterocycles. The molecule has 0 aromatic rings. The first-order chi connectivity index (χ1) is 10.1. The lowest BCUT2D eigenvalue weighted by Crippen LogP contribution is -2.25. The van der Waals surface area contributed by atoms with E-state index in [4.69, 9.17) is 0 Å². The van der Waals surface area contributed by atoms with E-state index in [0.717, 1.165) is 19.4 Å². The molecule has 3 heteroatoms. The van der Waals surface area contributed by atoms with Gasteiger partial charge in [-0.05, 0) is 25.2 Å².